The van der Waals surface area contributed by atoms with E-state index in [4.69, 9.17) is 9.84 Å². The zero-order valence-corrected chi connectivity index (χ0v) is 17.7. The molecule has 0 aliphatic heterocycles. The highest BCUT2D eigenvalue weighted by Gasteiger charge is 2.04. The van der Waals surface area contributed by atoms with E-state index < -0.39 is 0 Å². The molecule has 0 radical (unpaired) electrons. The average molecular weight is 388 g/mol. The molecule has 0 saturated carbocycles. The lowest BCUT2D eigenvalue weighted by Crippen LogP contribution is -2.12. The third-order valence-corrected chi connectivity index (χ3v) is 5.04. The first-order valence-corrected chi connectivity index (χ1v) is 11.4. The SMILES string of the molecule is C=C(CO)COC(=O)SNCCCCCCCCCCCCCCCC. The molecule has 0 aliphatic carbocycles. The fourth-order valence-corrected chi connectivity index (χ4v) is 3.22. The van der Waals surface area contributed by atoms with Gasteiger partial charge in [0.15, 0.2) is 0 Å². The topological polar surface area (TPSA) is 58.6 Å². The number of unbranched alkanes of at least 4 members (excludes halogenated alkanes) is 13. The standard InChI is InChI=1S/C21H41NO3S/c1-3-4-5-6-7-8-9-10-11-12-13-14-15-16-17-22-26-21(24)25-19-20(2)18-23/h22-23H,2-19H2,1H3. The van der Waals surface area contributed by atoms with E-state index in [9.17, 15) is 4.79 Å². The lowest BCUT2D eigenvalue weighted by Gasteiger charge is -2.06. The van der Waals surface area contributed by atoms with Crippen LogP contribution in [0.3, 0.4) is 0 Å². The highest BCUT2D eigenvalue weighted by atomic mass is 32.2. The maximum Gasteiger partial charge on any atom is 0.382 e. The van der Waals surface area contributed by atoms with Crippen molar-refractivity contribution in [3.05, 3.63) is 12.2 Å². The average Bonchev–Trinajstić information content (AvgIpc) is 2.65. The fourth-order valence-electron chi connectivity index (χ4n) is 2.74. The van der Waals surface area contributed by atoms with E-state index in [-0.39, 0.29) is 18.5 Å². The van der Waals surface area contributed by atoms with Crippen molar-refractivity contribution in [1.29, 1.82) is 0 Å². The van der Waals surface area contributed by atoms with Gasteiger partial charge in [-0.15, -0.1) is 0 Å². The summed E-state index contributed by atoms with van der Waals surface area (Å²) >= 11 is 0.980. The van der Waals surface area contributed by atoms with Crippen LogP contribution in [0, 0.1) is 0 Å². The molecule has 0 aromatic rings. The maximum atomic E-state index is 11.4. The summed E-state index contributed by atoms with van der Waals surface area (Å²) in [5.41, 5.74) is 0.505. The van der Waals surface area contributed by atoms with Crippen LogP contribution in [0.25, 0.3) is 0 Å². The van der Waals surface area contributed by atoms with Crippen molar-refractivity contribution in [1.82, 2.24) is 4.72 Å². The van der Waals surface area contributed by atoms with E-state index in [0.29, 0.717) is 5.57 Å². The molecule has 0 spiro atoms. The molecule has 0 atom stereocenters. The molecule has 0 bridgehead atoms. The Hall–Kier alpha value is -0.520. The van der Waals surface area contributed by atoms with E-state index >= 15 is 0 Å². The summed E-state index contributed by atoms with van der Waals surface area (Å²) in [5.74, 6) is 0. The first-order chi connectivity index (χ1) is 12.7. The van der Waals surface area contributed by atoms with Crippen LogP contribution in [0.5, 0.6) is 0 Å². The normalized spacial score (nSPS) is 10.8. The predicted molar refractivity (Wildman–Crippen MR) is 113 cm³/mol. The maximum absolute atomic E-state index is 11.4. The molecular weight excluding hydrogens is 346 g/mol. The summed E-state index contributed by atoms with van der Waals surface area (Å²) in [6.07, 6.45) is 18.9. The Morgan fingerprint density at radius 3 is 1.81 bits per heavy atom. The van der Waals surface area contributed by atoms with Crippen LogP contribution >= 0.6 is 11.9 Å². The highest BCUT2D eigenvalue weighted by molar-refractivity contribution is 8.11. The molecule has 0 fully saturated rings. The molecule has 0 aromatic carbocycles. The predicted octanol–water partition coefficient (Wildman–Crippen LogP) is 6.39. The third kappa shape index (κ3) is 19.8. The molecule has 0 aliphatic rings. The summed E-state index contributed by atoms with van der Waals surface area (Å²) in [4.78, 5) is 11.4. The Bertz CT molecular complexity index is 337. The van der Waals surface area contributed by atoms with Gasteiger partial charge in [-0.2, -0.15) is 0 Å². The fraction of sp³-hybridized carbons (Fsp3) is 0.857. The lowest BCUT2D eigenvalue weighted by molar-refractivity contribution is 0.180. The minimum absolute atomic E-state index is 0.0862. The molecule has 0 unspecified atom stereocenters. The van der Waals surface area contributed by atoms with Gasteiger partial charge in [-0.25, -0.2) is 4.79 Å². The molecule has 154 valence electrons. The Kier molecular flexibility index (Phi) is 20.4. The number of aliphatic hydroxyl groups is 1. The smallest absolute Gasteiger partial charge is 0.382 e. The van der Waals surface area contributed by atoms with Crippen LogP contribution in [-0.4, -0.2) is 30.2 Å². The minimum atomic E-state index is -0.370. The number of hydrogen-bond acceptors (Lipinski definition) is 5. The molecule has 0 aromatic heterocycles. The van der Waals surface area contributed by atoms with Gasteiger partial charge in [0.25, 0.3) is 0 Å². The van der Waals surface area contributed by atoms with Gasteiger partial charge in [-0.3, -0.25) is 4.72 Å². The van der Waals surface area contributed by atoms with E-state index in [1.165, 1.54) is 83.5 Å². The first kappa shape index (κ1) is 25.5. The molecule has 0 heterocycles. The summed E-state index contributed by atoms with van der Waals surface area (Å²) in [6.45, 7) is 6.59. The third-order valence-electron chi connectivity index (χ3n) is 4.41. The molecule has 0 amide bonds. The molecule has 26 heavy (non-hydrogen) atoms. The van der Waals surface area contributed by atoms with Crippen molar-refractivity contribution in [3.63, 3.8) is 0 Å². The zero-order valence-electron chi connectivity index (χ0n) is 16.9. The van der Waals surface area contributed by atoms with Crippen molar-refractivity contribution in [3.8, 4) is 0 Å². The number of rotatable bonds is 19. The van der Waals surface area contributed by atoms with E-state index in [1.807, 2.05) is 0 Å². The molecule has 5 heteroatoms. The van der Waals surface area contributed by atoms with Gasteiger partial charge in [0.2, 0.25) is 0 Å². The number of aliphatic hydroxyl groups excluding tert-OH is 1. The molecule has 2 N–H and O–H groups in total. The Morgan fingerprint density at radius 2 is 1.35 bits per heavy atom. The van der Waals surface area contributed by atoms with Crippen LogP contribution in [0.15, 0.2) is 12.2 Å². The van der Waals surface area contributed by atoms with Gasteiger partial charge in [0.1, 0.15) is 6.61 Å². The number of ether oxygens (including phenoxy) is 1. The van der Waals surface area contributed by atoms with Crippen molar-refractivity contribution in [2.45, 2.75) is 96.8 Å². The van der Waals surface area contributed by atoms with Gasteiger partial charge in [-0.05, 0) is 12.0 Å². The van der Waals surface area contributed by atoms with E-state index in [2.05, 4.69) is 18.2 Å². The second kappa shape index (κ2) is 20.8. The molecule has 4 nitrogen and oxygen atoms in total. The zero-order chi connectivity index (χ0) is 19.3. The summed E-state index contributed by atoms with van der Waals surface area (Å²) in [5, 5.41) is 8.39. The lowest BCUT2D eigenvalue weighted by atomic mass is 10.0. The van der Waals surface area contributed by atoms with Crippen molar-refractivity contribution >= 4 is 17.2 Å². The van der Waals surface area contributed by atoms with Crippen LogP contribution in [0.4, 0.5) is 4.79 Å². The van der Waals surface area contributed by atoms with Gasteiger partial charge in [-0.1, -0.05) is 97.0 Å². The summed E-state index contributed by atoms with van der Waals surface area (Å²) in [6, 6.07) is 0. The van der Waals surface area contributed by atoms with Gasteiger partial charge in [0, 0.05) is 18.5 Å². The van der Waals surface area contributed by atoms with Gasteiger partial charge >= 0.3 is 5.30 Å². The van der Waals surface area contributed by atoms with E-state index in [1.54, 1.807) is 0 Å². The number of nitrogens with one attached hydrogen (secondary N) is 1. The molecular formula is C21H41NO3S. The monoisotopic (exact) mass is 387 g/mol. The number of carbonyl (C=O) groups excluding carboxylic acids is 1. The largest absolute Gasteiger partial charge is 0.452 e. The van der Waals surface area contributed by atoms with E-state index in [0.717, 1.165) is 24.9 Å². The van der Waals surface area contributed by atoms with Crippen LogP contribution in [0.2, 0.25) is 0 Å². The van der Waals surface area contributed by atoms with Crippen molar-refractivity contribution in [2.24, 2.45) is 0 Å². The Balaban J connectivity index is 3.13. The van der Waals surface area contributed by atoms with Crippen molar-refractivity contribution in [2.75, 3.05) is 19.8 Å². The van der Waals surface area contributed by atoms with Crippen LogP contribution < -0.4 is 4.72 Å². The second-order valence-electron chi connectivity index (χ2n) is 7.04. The Morgan fingerprint density at radius 1 is 0.885 bits per heavy atom. The second-order valence-corrected chi connectivity index (χ2v) is 7.87. The summed E-state index contributed by atoms with van der Waals surface area (Å²) < 4.78 is 7.94. The quantitative estimate of drug-likeness (QED) is 0.116. The van der Waals surface area contributed by atoms with Crippen LogP contribution in [-0.2, 0) is 4.74 Å². The van der Waals surface area contributed by atoms with Gasteiger partial charge < -0.3 is 9.84 Å². The minimum Gasteiger partial charge on any atom is -0.452 e. The molecule has 0 rings (SSSR count). The number of carbonyl (C=O) groups is 1. The number of hydrogen-bond donors (Lipinski definition) is 2. The first-order valence-electron chi connectivity index (χ1n) is 10.5. The van der Waals surface area contributed by atoms with Crippen LogP contribution in [0.1, 0.15) is 96.8 Å². The Labute approximate surface area is 165 Å². The molecule has 0 saturated heterocycles. The highest BCUT2D eigenvalue weighted by Crippen LogP contribution is 2.13. The summed E-state index contributed by atoms with van der Waals surface area (Å²) in [7, 11) is 0. The van der Waals surface area contributed by atoms with Gasteiger partial charge in [0.05, 0.1) is 6.61 Å². The van der Waals surface area contributed by atoms with Crippen molar-refractivity contribution < 1.29 is 14.6 Å².